The molecule has 0 spiro atoms. The van der Waals surface area contributed by atoms with Crippen molar-refractivity contribution in [3.05, 3.63) is 54.5 Å². The van der Waals surface area contributed by atoms with E-state index >= 15 is 0 Å². The Hall–Kier alpha value is -2.73. The second kappa shape index (κ2) is 9.10. The van der Waals surface area contributed by atoms with E-state index in [9.17, 15) is 0 Å². The third-order valence-electron chi connectivity index (χ3n) is 4.01. The Kier molecular flexibility index (Phi) is 6.33. The molecule has 0 saturated carbocycles. The molecular weight excluding hydrogens is 326 g/mol. The summed E-state index contributed by atoms with van der Waals surface area (Å²) in [6.45, 7) is 7.14. The fraction of sp³-hybridized carbons (Fsp3) is 0.350. The number of anilines is 3. The summed E-state index contributed by atoms with van der Waals surface area (Å²) in [4.78, 5) is 15.9. The number of nitrogens with one attached hydrogen (secondary N) is 1. The fourth-order valence-electron chi connectivity index (χ4n) is 2.79. The molecule has 26 heavy (non-hydrogen) atoms. The second-order valence-electron chi connectivity index (χ2n) is 5.97. The van der Waals surface area contributed by atoms with Gasteiger partial charge >= 0.3 is 0 Å². The molecule has 0 aliphatic carbocycles. The fourth-order valence-corrected chi connectivity index (χ4v) is 2.79. The van der Waals surface area contributed by atoms with Crippen LogP contribution in [-0.2, 0) is 4.74 Å². The average molecular weight is 351 g/mol. The highest BCUT2D eigenvalue weighted by Gasteiger charge is 2.16. The third-order valence-corrected chi connectivity index (χ3v) is 4.01. The van der Waals surface area contributed by atoms with Gasteiger partial charge in [-0.3, -0.25) is 4.98 Å². The van der Waals surface area contributed by atoms with E-state index in [0.717, 1.165) is 48.2 Å². The normalized spacial score (nSPS) is 15.5. The van der Waals surface area contributed by atoms with Gasteiger partial charge in [0, 0.05) is 25.4 Å². The van der Waals surface area contributed by atoms with Crippen LogP contribution in [0.2, 0.25) is 0 Å². The number of ether oxygens (including phenoxy) is 1. The highest BCUT2D eigenvalue weighted by atomic mass is 16.5. The second-order valence-corrected chi connectivity index (χ2v) is 5.97. The van der Waals surface area contributed by atoms with Crippen molar-refractivity contribution >= 4 is 23.0 Å². The lowest BCUT2D eigenvalue weighted by atomic mass is 10.1. The van der Waals surface area contributed by atoms with E-state index in [-0.39, 0.29) is 0 Å². The summed E-state index contributed by atoms with van der Waals surface area (Å²) in [6, 6.07) is 5.85. The van der Waals surface area contributed by atoms with Gasteiger partial charge in [-0.15, -0.1) is 0 Å². The highest BCUT2D eigenvalue weighted by molar-refractivity contribution is 5.74. The third kappa shape index (κ3) is 4.67. The lowest BCUT2D eigenvalue weighted by Gasteiger charge is -2.27. The maximum Gasteiger partial charge on any atom is 0.228 e. The molecule has 1 N–H and O–H groups in total. The summed E-state index contributed by atoms with van der Waals surface area (Å²) >= 11 is 0. The largest absolute Gasteiger partial charge is 0.378 e. The lowest BCUT2D eigenvalue weighted by Crippen LogP contribution is -2.37. The van der Waals surface area contributed by atoms with E-state index in [1.165, 1.54) is 0 Å². The number of allylic oxidation sites excluding steroid dienone is 4. The van der Waals surface area contributed by atoms with Crippen LogP contribution in [0.1, 0.15) is 26.0 Å². The minimum absolute atomic E-state index is 0.700. The molecule has 1 fully saturated rings. The first-order valence-corrected chi connectivity index (χ1v) is 9.02. The van der Waals surface area contributed by atoms with Gasteiger partial charge in [0.2, 0.25) is 5.95 Å². The van der Waals surface area contributed by atoms with E-state index < -0.39 is 0 Å². The van der Waals surface area contributed by atoms with Crippen LogP contribution in [0.25, 0.3) is 5.57 Å². The molecule has 0 unspecified atom stereocenters. The van der Waals surface area contributed by atoms with Gasteiger partial charge < -0.3 is 15.0 Å². The molecule has 0 amide bonds. The Morgan fingerprint density at radius 1 is 1.31 bits per heavy atom. The molecule has 3 heterocycles. The van der Waals surface area contributed by atoms with E-state index in [1.54, 1.807) is 12.4 Å². The van der Waals surface area contributed by atoms with Crippen molar-refractivity contribution in [2.24, 2.45) is 0 Å². The van der Waals surface area contributed by atoms with Gasteiger partial charge in [-0.25, -0.2) is 4.98 Å². The molecule has 2 aromatic rings. The summed E-state index contributed by atoms with van der Waals surface area (Å²) < 4.78 is 5.46. The summed E-state index contributed by atoms with van der Waals surface area (Å²) in [5.74, 6) is 1.49. The first kappa shape index (κ1) is 18.1. The van der Waals surface area contributed by atoms with Gasteiger partial charge in [0.1, 0.15) is 5.82 Å². The Labute approximate surface area is 154 Å². The van der Waals surface area contributed by atoms with Crippen molar-refractivity contribution < 1.29 is 4.74 Å². The van der Waals surface area contributed by atoms with Crippen molar-refractivity contribution in [2.75, 3.05) is 36.5 Å². The first-order chi connectivity index (χ1) is 12.8. The van der Waals surface area contributed by atoms with Crippen LogP contribution >= 0.6 is 0 Å². The van der Waals surface area contributed by atoms with E-state index in [1.807, 2.05) is 31.2 Å². The highest BCUT2D eigenvalue weighted by Crippen LogP contribution is 2.24. The summed E-state index contributed by atoms with van der Waals surface area (Å²) in [6.07, 6.45) is 10.8. The van der Waals surface area contributed by atoms with Crippen molar-refractivity contribution in [3.63, 3.8) is 0 Å². The molecule has 1 saturated heterocycles. The Balaban J connectivity index is 1.99. The molecule has 0 radical (unpaired) electrons. The average Bonchev–Trinajstić information content (AvgIpc) is 2.69. The maximum absolute atomic E-state index is 5.46. The zero-order valence-electron chi connectivity index (χ0n) is 15.4. The van der Waals surface area contributed by atoms with Crippen molar-refractivity contribution in [3.8, 4) is 0 Å². The Bertz CT molecular complexity index is 767. The van der Waals surface area contributed by atoms with Crippen molar-refractivity contribution in [1.82, 2.24) is 15.0 Å². The van der Waals surface area contributed by atoms with Crippen LogP contribution in [0.4, 0.5) is 17.5 Å². The zero-order valence-corrected chi connectivity index (χ0v) is 15.4. The van der Waals surface area contributed by atoms with Crippen LogP contribution in [-0.4, -0.2) is 41.3 Å². The molecule has 2 aromatic heterocycles. The number of hydrogen-bond donors (Lipinski definition) is 1. The molecule has 1 aliphatic rings. The maximum atomic E-state index is 5.46. The minimum atomic E-state index is 0.700. The smallest absolute Gasteiger partial charge is 0.228 e. The molecule has 136 valence electrons. The number of hydrogen-bond acceptors (Lipinski definition) is 6. The van der Waals surface area contributed by atoms with Crippen LogP contribution in [0, 0.1) is 0 Å². The quantitative estimate of drug-likeness (QED) is 0.798. The predicted molar refractivity (Wildman–Crippen MR) is 106 cm³/mol. The number of aromatic nitrogens is 3. The van der Waals surface area contributed by atoms with Crippen LogP contribution in [0.3, 0.4) is 0 Å². The van der Waals surface area contributed by atoms with Crippen LogP contribution < -0.4 is 10.2 Å². The van der Waals surface area contributed by atoms with Crippen molar-refractivity contribution in [1.29, 1.82) is 0 Å². The molecule has 0 aromatic carbocycles. The molecular formula is C20H25N5O. The Morgan fingerprint density at radius 2 is 2.15 bits per heavy atom. The summed E-state index contributed by atoms with van der Waals surface area (Å²) in [5, 5.41) is 3.34. The van der Waals surface area contributed by atoms with Gasteiger partial charge in [-0.2, -0.15) is 4.98 Å². The minimum Gasteiger partial charge on any atom is -0.378 e. The summed E-state index contributed by atoms with van der Waals surface area (Å²) in [5.41, 5.74) is 2.91. The zero-order chi connectivity index (χ0) is 18.2. The van der Waals surface area contributed by atoms with Crippen LogP contribution in [0.15, 0.2) is 48.8 Å². The molecule has 6 nitrogen and oxygen atoms in total. The number of pyridine rings is 1. The Morgan fingerprint density at radius 3 is 2.85 bits per heavy atom. The molecule has 6 heteroatoms. The van der Waals surface area contributed by atoms with Gasteiger partial charge in [0.15, 0.2) is 0 Å². The van der Waals surface area contributed by atoms with Crippen molar-refractivity contribution in [2.45, 2.75) is 20.3 Å². The van der Waals surface area contributed by atoms with Gasteiger partial charge in [0.25, 0.3) is 0 Å². The molecule has 3 rings (SSSR count). The predicted octanol–water partition coefficient (Wildman–Crippen LogP) is 3.82. The van der Waals surface area contributed by atoms with Gasteiger partial charge in [0.05, 0.1) is 30.8 Å². The standard InChI is InChI=1S/C20H25N5O/c1-3-6-16(7-4-2)18-14-19(22-17-8-5-9-21-15-17)24-20(23-18)25-10-12-26-13-11-25/h3,5-9,14-15H,4,10-13H2,1-2H3,(H,22,23,24)/b6-3-,16-7+. The van der Waals surface area contributed by atoms with E-state index in [0.29, 0.717) is 13.2 Å². The lowest BCUT2D eigenvalue weighted by molar-refractivity contribution is 0.122. The first-order valence-electron chi connectivity index (χ1n) is 9.02. The SMILES string of the molecule is C/C=C\C(=C/CC)c1cc(Nc2cccnc2)nc(N2CCOCC2)n1. The summed E-state index contributed by atoms with van der Waals surface area (Å²) in [7, 11) is 0. The van der Waals surface area contributed by atoms with Gasteiger partial charge in [-0.05, 0) is 31.1 Å². The monoisotopic (exact) mass is 351 g/mol. The molecule has 0 atom stereocenters. The number of nitrogens with zero attached hydrogens (tertiary/aromatic N) is 4. The number of rotatable bonds is 6. The number of morpholine rings is 1. The van der Waals surface area contributed by atoms with Crippen LogP contribution in [0.5, 0.6) is 0 Å². The van der Waals surface area contributed by atoms with E-state index in [4.69, 9.17) is 14.7 Å². The molecule has 0 bridgehead atoms. The van der Waals surface area contributed by atoms with E-state index in [2.05, 4.69) is 34.3 Å². The molecule has 1 aliphatic heterocycles. The topological polar surface area (TPSA) is 63.2 Å². The van der Waals surface area contributed by atoms with Gasteiger partial charge in [-0.1, -0.05) is 25.2 Å².